The van der Waals surface area contributed by atoms with Gasteiger partial charge < -0.3 is 29.7 Å². The number of thiazole rings is 1. The van der Waals surface area contributed by atoms with E-state index in [1.165, 1.54) is 11.1 Å². The maximum Gasteiger partial charge on any atom is 0.237 e. The van der Waals surface area contributed by atoms with Gasteiger partial charge in [-0.1, -0.05) is 31.0 Å². The van der Waals surface area contributed by atoms with E-state index in [4.69, 9.17) is 5.73 Å². The van der Waals surface area contributed by atoms with Crippen LogP contribution in [0.2, 0.25) is 25.7 Å². The lowest BCUT2D eigenvalue weighted by Gasteiger charge is -2.19. The SMILES string of the molecule is C[Si](C)(C)CC(N)Cc1[nH+]ccs1.[I-]. The van der Waals surface area contributed by atoms with Crippen molar-refractivity contribution in [2.24, 2.45) is 5.73 Å². The molecule has 2 nitrogen and oxygen atoms in total. The highest BCUT2D eigenvalue weighted by Gasteiger charge is 2.19. The van der Waals surface area contributed by atoms with Gasteiger partial charge in [-0.25, -0.2) is 4.98 Å². The Bertz CT molecular complexity index is 246. The summed E-state index contributed by atoms with van der Waals surface area (Å²) in [4.78, 5) is 3.21. The zero-order valence-electron chi connectivity index (χ0n) is 9.01. The number of hydrogen-bond acceptors (Lipinski definition) is 2. The molecule has 0 aliphatic rings. The van der Waals surface area contributed by atoms with Crippen LogP contribution in [0.4, 0.5) is 0 Å². The summed E-state index contributed by atoms with van der Waals surface area (Å²) in [5.41, 5.74) is 6.07. The molecule has 0 saturated carbocycles. The Kier molecular flexibility index (Phi) is 6.43. The number of aromatic amines is 1. The molecule has 0 radical (unpaired) electrons. The topological polar surface area (TPSA) is 40.2 Å². The molecule has 14 heavy (non-hydrogen) atoms. The highest BCUT2D eigenvalue weighted by atomic mass is 127. The Hall–Kier alpha value is 0.537. The number of rotatable bonds is 4. The van der Waals surface area contributed by atoms with Crippen molar-refractivity contribution in [1.29, 1.82) is 0 Å². The molecule has 0 bridgehead atoms. The Morgan fingerprint density at radius 1 is 1.50 bits per heavy atom. The van der Waals surface area contributed by atoms with Crippen LogP contribution in [0.15, 0.2) is 11.6 Å². The van der Waals surface area contributed by atoms with Crippen LogP contribution in [0.1, 0.15) is 5.01 Å². The molecule has 1 atom stereocenters. The maximum absolute atomic E-state index is 6.07. The predicted octanol–water partition coefficient (Wildman–Crippen LogP) is -1.23. The predicted molar refractivity (Wildman–Crippen MR) is 60.7 cm³/mol. The van der Waals surface area contributed by atoms with E-state index in [9.17, 15) is 0 Å². The quantitative estimate of drug-likeness (QED) is 0.541. The van der Waals surface area contributed by atoms with Crippen LogP contribution in [0.3, 0.4) is 0 Å². The van der Waals surface area contributed by atoms with Gasteiger partial charge in [-0.15, -0.1) is 0 Å². The molecule has 0 amide bonds. The van der Waals surface area contributed by atoms with Crippen LogP contribution < -0.4 is 34.7 Å². The lowest BCUT2D eigenvalue weighted by Crippen LogP contribution is -3.00. The second kappa shape index (κ2) is 6.19. The Labute approximate surface area is 108 Å². The third-order valence-electron chi connectivity index (χ3n) is 1.84. The van der Waals surface area contributed by atoms with Gasteiger partial charge in [0.15, 0.2) is 6.20 Å². The molecule has 5 heteroatoms. The third kappa shape index (κ3) is 6.10. The molecular weight excluding hydrogens is 323 g/mol. The van der Waals surface area contributed by atoms with Gasteiger partial charge in [0.1, 0.15) is 0 Å². The minimum Gasteiger partial charge on any atom is -1.00 e. The van der Waals surface area contributed by atoms with Gasteiger partial charge in [0.2, 0.25) is 5.01 Å². The van der Waals surface area contributed by atoms with Crippen molar-refractivity contribution in [1.82, 2.24) is 0 Å². The first-order valence-electron chi connectivity index (χ1n) is 4.67. The molecule has 1 aromatic heterocycles. The van der Waals surface area contributed by atoms with Crippen LogP contribution in [-0.2, 0) is 6.42 Å². The van der Waals surface area contributed by atoms with Gasteiger partial charge in [-0.3, -0.25) is 0 Å². The molecular formula is C9H19IN2SSi. The van der Waals surface area contributed by atoms with E-state index in [0.29, 0.717) is 6.04 Å². The lowest BCUT2D eigenvalue weighted by atomic mass is 10.3. The first-order valence-corrected chi connectivity index (χ1v) is 9.26. The second-order valence-corrected chi connectivity index (χ2v) is 11.2. The fourth-order valence-corrected chi connectivity index (χ4v) is 3.95. The average molecular weight is 342 g/mol. The first kappa shape index (κ1) is 14.5. The minimum atomic E-state index is -0.988. The monoisotopic (exact) mass is 342 g/mol. The summed E-state index contributed by atoms with van der Waals surface area (Å²) in [7, 11) is -0.988. The van der Waals surface area contributed by atoms with Crippen LogP contribution >= 0.6 is 11.3 Å². The zero-order valence-corrected chi connectivity index (χ0v) is 13.0. The molecule has 1 heterocycles. The first-order chi connectivity index (χ1) is 5.97. The van der Waals surface area contributed by atoms with Gasteiger partial charge in [0.05, 0.1) is 11.8 Å². The van der Waals surface area contributed by atoms with Gasteiger partial charge in [0, 0.05) is 14.1 Å². The summed E-state index contributed by atoms with van der Waals surface area (Å²) >= 11 is 1.76. The molecule has 1 unspecified atom stereocenters. The van der Waals surface area contributed by atoms with E-state index >= 15 is 0 Å². The molecule has 0 saturated heterocycles. The fourth-order valence-electron chi connectivity index (χ4n) is 1.48. The molecule has 0 fully saturated rings. The van der Waals surface area contributed by atoms with Crippen molar-refractivity contribution in [3.8, 4) is 0 Å². The summed E-state index contributed by atoms with van der Waals surface area (Å²) < 4.78 is 0. The van der Waals surface area contributed by atoms with Crippen molar-refractivity contribution < 1.29 is 29.0 Å². The lowest BCUT2D eigenvalue weighted by molar-refractivity contribution is -0.382. The molecule has 0 aliphatic heterocycles. The molecule has 0 spiro atoms. The Morgan fingerprint density at radius 3 is 2.57 bits per heavy atom. The van der Waals surface area contributed by atoms with Crippen LogP contribution in [0.25, 0.3) is 0 Å². The Balaban J connectivity index is 0.00000169. The highest BCUT2D eigenvalue weighted by Crippen LogP contribution is 2.13. The Morgan fingerprint density at radius 2 is 2.14 bits per heavy atom. The largest absolute Gasteiger partial charge is 1.00 e. The van der Waals surface area contributed by atoms with Crippen LogP contribution in [0, 0.1) is 0 Å². The van der Waals surface area contributed by atoms with Crippen molar-refractivity contribution in [2.45, 2.75) is 38.1 Å². The van der Waals surface area contributed by atoms with Crippen molar-refractivity contribution >= 4 is 19.4 Å². The van der Waals surface area contributed by atoms with Crippen molar-refractivity contribution in [3.05, 3.63) is 16.6 Å². The number of nitrogens with two attached hydrogens (primary N) is 1. The number of hydrogen-bond donors (Lipinski definition) is 1. The molecule has 3 N–H and O–H groups in total. The van der Waals surface area contributed by atoms with Gasteiger partial charge in [-0.05, 0) is 6.04 Å². The highest BCUT2D eigenvalue weighted by molar-refractivity contribution is 7.09. The number of halogens is 1. The van der Waals surface area contributed by atoms with E-state index < -0.39 is 8.07 Å². The van der Waals surface area contributed by atoms with E-state index in [1.807, 2.05) is 6.20 Å². The van der Waals surface area contributed by atoms with Gasteiger partial charge in [-0.2, -0.15) is 0 Å². The molecule has 1 rings (SSSR count). The van der Waals surface area contributed by atoms with E-state index in [0.717, 1.165) is 6.42 Å². The van der Waals surface area contributed by atoms with E-state index in [1.54, 1.807) is 11.3 Å². The van der Waals surface area contributed by atoms with E-state index in [2.05, 4.69) is 30.0 Å². The summed E-state index contributed by atoms with van der Waals surface area (Å²) in [6.07, 6.45) is 2.98. The van der Waals surface area contributed by atoms with E-state index in [-0.39, 0.29) is 24.0 Å². The third-order valence-corrected chi connectivity index (χ3v) is 4.44. The molecule has 0 aliphatic carbocycles. The normalized spacial score (nSPS) is 13.4. The van der Waals surface area contributed by atoms with Gasteiger partial charge in [0.25, 0.3) is 0 Å². The van der Waals surface area contributed by atoms with Crippen LogP contribution in [-0.4, -0.2) is 14.1 Å². The van der Waals surface area contributed by atoms with Gasteiger partial charge >= 0.3 is 0 Å². The smallest absolute Gasteiger partial charge is 0.237 e. The van der Waals surface area contributed by atoms with Crippen LogP contribution in [0.5, 0.6) is 0 Å². The standard InChI is InChI=1S/C9H18N2SSi.HI/c1-13(2,3)7-8(10)6-9-11-4-5-12-9;/h4-5,8H,6-7,10H2,1-3H3;1H. The number of H-pyrrole nitrogens is 1. The summed E-state index contributed by atoms with van der Waals surface area (Å²) in [5.74, 6) is 0. The number of aromatic nitrogens is 1. The summed E-state index contributed by atoms with van der Waals surface area (Å²) in [6.45, 7) is 7.10. The second-order valence-electron chi connectivity index (χ2n) is 4.72. The van der Waals surface area contributed by atoms with Crippen molar-refractivity contribution in [2.75, 3.05) is 0 Å². The maximum atomic E-state index is 6.07. The minimum absolute atomic E-state index is 0. The number of nitrogens with one attached hydrogen (secondary N) is 1. The zero-order chi connectivity index (χ0) is 9.90. The summed E-state index contributed by atoms with van der Waals surface area (Å²) in [5, 5.41) is 3.36. The molecule has 82 valence electrons. The fraction of sp³-hybridized carbons (Fsp3) is 0.667. The average Bonchev–Trinajstić information content (AvgIpc) is 2.34. The molecule has 0 aromatic carbocycles. The van der Waals surface area contributed by atoms with Crippen molar-refractivity contribution in [3.63, 3.8) is 0 Å². The summed E-state index contributed by atoms with van der Waals surface area (Å²) in [6, 6.07) is 1.54. The molecule has 1 aromatic rings.